The van der Waals surface area contributed by atoms with Crippen molar-refractivity contribution in [3.8, 4) is 0 Å². The fourth-order valence-corrected chi connectivity index (χ4v) is 3.08. The Labute approximate surface area is 120 Å². The number of hydrogen-bond donors (Lipinski definition) is 1. The van der Waals surface area contributed by atoms with Crippen LogP contribution in [-0.4, -0.2) is 34.2 Å². The Hall–Kier alpha value is -1.45. The SMILES string of the molecule is CC(O)C1CCN(Cc2ccc3ncccc3c2)CC1. The number of piperidine rings is 1. The van der Waals surface area contributed by atoms with Gasteiger partial charge in [0.25, 0.3) is 0 Å². The lowest BCUT2D eigenvalue weighted by molar-refractivity contribution is 0.0695. The van der Waals surface area contributed by atoms with Gasteiger partial charge in [-0.2, -0.15) is 0 Å². The van der Waals surface area contributed by atoms with Gasteiger partial charge in [0.15, 0.2) is 0 Å². The third-order valence-electron chi connectivity index (χ3n) is 4.39. The first-order valence-electron chi connectivity index (χ1n) is 7.46. The Morgan fingerprint density at radius 1 is 1.30 bits per heavy atom. The number of rotatable bonds is 3. The first-order valence-corrected chi connectivity index (χ1v) is 7.46. The quantitative estimate of drug-likeness (QED) is 0.931. The van der Waals surface area contributed by atoms with Gasteiger partial charge in [-0.1, -0.05) is 12.1 Å². The van der Waals surface area contributed by atoms with Crippen LogP contribution in [0.4, 0.5) is 0 Å². The molecule has 2 heterocycles. The number of benzene rings is 1. The third-order valence-corrected chi connectivity index (χ3v) is 4.39. The van der Waals surface area contributed by atoms with E-state index < -0.39 is 0 Å². The van der Waals surface area contributed by atoms with E-state index in [9.17, 15) is 5.11 Å². The summed E-state index contributed by atoms with van der Waals surface area (Å²) in [6.07, 6.45) is 3.88. The highest BCUT2D eigenvalue weighted by molar-refractivity contribution is 5.78. The van der Waals surface area contributed by atoms with Crippen LogP contribution in [0.1, 0.15) is 25.3 Å². The molecule has 1 fully saturated rings. The summed E-state index contributed by atoms with van der Waals surface area (Å²) in [4.78, 5) is 6.84. The van der Waals surface area contributed by atoms with E-state index in [0.29, 0.717) is 5.92 Å². The van der Waals surface area contributed by atoms with Crippen LogP contribution in [0.25, 0.3) is 10.9 Å². The molecule has 0 aliphatic carbocycles. The summed E-state index contributed by atoms with van der Waals surface area (Å²) in [5.74, 6) is 0.479. The number of aliphatic hydroxyl groups is 1. The molecule has 20 heavy (non-hydrogen) atoms. The van der Waals surface area contributed by atoms with Gasteiger partial charge >= 0.3 is 0 Å². The van der Waals surface area contributed by atoms with Gasteiger partial charge < -0.3 is 5.11 Å². The van der Waals surface area contributed by atoms with Crippen molar-refractivity contribution in [2.45, 2.75) is 32.4 Å². The summed E-state index contributed by atoms with van der Waals surface area (Å²) in [5, 5.41) is 10.9. The lowest BCUT2D eigenvalue weighted by Crippen LogP contribution is -2.36. The molecule has 1 aromatic carbocycles. The second kappa shape index (κ2) is 5.90. The van der Waals surface area contributed by atoms with Crippen molar-refractivity contribution in [2.24, 2.45) is 5.92 Å². The number of hydrogen-bond acceptors (Lipinski definition) is 3. The number of aromatic nitrogens is 1. The molecule has 0 spiro atoms. The Balaban J connectivity index is 1.65. The fraction of sp³-hybridized carbons (Fsp3) is 0.471. The number of nitrogens with zero attached hydrogens (tertiary/aromatic N) is 2. The maximum atomic E-state index is 9.65. The molecule has 0 radical (unpaired) electrons. The lowest BCUT2D eigenvalue weighted by Gasteiger charge is -2.33. The molecule has 106 valence electrons. The molecule has 1 atom stereocenters. The Bertz CT molecular complexity index is 574. The van der Waals surface area contributed by atoms with Crippen LogP contribution in [0.2, 0.25) is 0 Å². The molecule has 1 unspecified atom stereocenters. The summed E-state index contributed by atoms with van der Waals surface area (Å²) < 4.78 is 0. The molecule has 0 amide bonds. The number of fused-ring (bicyclic) bond motifs is 1. The van der Waals surface area contributed by atoms with Gasteiger partial charge in [0, 0.05) is 18.1 Å². The fourth-order valence-electron chi connectivity index (χ4n) is 3.08. The van der Waals surface area contributed by atoms with Gasteiger partial charge in [0.1, 0.15) is 0 Å². The normalized spacial score (nSPS) is 19.3. The van der Waals surface area contributed by atoms with Gasteiger partial charge in [-0.05, 0) is 62.5 Å². The van der Waals surface area contributed by atoms with E-state index >= 15 is 0 Å². The molecular weight excluding hydrogens is 248 g/mol. The first kappa shape index (κ1) is 13.5. The summed E-state index contributed by atoms with van der Waals surface area (Å²) in [7, 11) is 0. The third kappa shape index (κ3) is 3.00. The lowest BCUT2D eigenvalue weighted by atomic mass is 9.92. The Kier molecular flexibility index (Phi) is 3.99. The molecule has 1 aliphatic heterocycles. The van der Waals surface area contributed by atoms with Gasteiger partial charge in [-0.25, -0.2) is 0 Å². The highest BCUT2D eigenvalue weighted by atomic mass is 16.3. The predicted octanol–water partition coefficient (Wildman–Crippen LogP) is 2.83. The molecular formula is C17H22N2O. The highest BCUT2D eigenvalue weighted by Crippen LogP contribution is 2.22. The molecule has 2 aromatic rings. The molecule has 1 N–H and O–H groups in total. The topological polar surface area (TPSA) is 36.4 Å². The van der Waals surface area contributed by atoms with Crippen LogP contribution in [-0.2, 0) is 6.54 Å². The van der Waals surface area contributed by atoms with E-state index in [0.717, 1.165) is 38.0 Å². The molecule has 0 bridgehead atoms. The van der Waals surface area contributed by atoms with Gasteiger partial charge in [0.05, 0.1) is 11.6 Å². The van der Waals surface area contributed by atoms with Crippen molar-refractivity contribution < 1.29 is 5.11 Å². The predicted molar refractivity (Wildman–Crippen MR) is 81.4 cm³/mol. The van der Waals surface area contributed by atoms with Crippen LogP contribution in [0.15, 0.2) is 36.5 Å². The Morgan fingerprint density at radius 3 is 2.85 bits per heavy atom. The molecule has 1 aliphatic rings. The minimum Gasteiger partial charge on any atom is -0.393 e. The second-order valence-electron chi connectivity index (χ2n) is 5.88. The molecule has 3 nitrogen and oxygen atoms in total. The number of aliphatic hydroxyl groups excluding tert-OH is 1. The van der Waals surface area contributed by atoms with Crippen molar-refractivity contribution in [2.75, 3.05) is 13.1 Å². The van der Waals surface area contributed by atoms with E-state index in [-0.39, 0.29) is 6.10 Å². The van der Waals surface area contributed by atoms with E-state index in [1.54, 1.807) is 0 Å². The van der Waals surface area contributed by atoms with E-state index in [1.807, 2.05) is 19.2 Å². The summed E-state index contributed by atoms with van der Waals surface area (Å²) in [6.45, 7) is 5.08. The van der Waals surface area contributed by atoms with Gasteiger partial charge in [-0.3, -0.25) is 9.88 Å². The van der Waals surface area contributed by atoms with E-state index in [2.05, 4.69) is 34.1 Å². The van der Waals surface area contributed by atoms with E-state index in [4.69, 9.17) is 0 Å². The van der Waals surface area contributed by atoms with Crippen molar-refractivity contribution in [1.29, 1.82) is 0 Å². The van der Waals surface area contributed by atoms with Crippen molar-refractivity contribution >= 4 is 10.9 Å². The highest BCUT2D eigenvalue weighted by Gasteiger charge is 2.22. The maximum absolute atomic E-state index is 9.65. The standard InChI is InChI=1S/C17H22N2O/c1-13(20)15-6-9-19(10-7-15)12-14-4-5-17-16(11-14)3-2-8-18-17/h2-5,8,11,13,15,20H,6-7,9-10,12H2,1H3. The number of likely N-dealkylation sites (tertiary alicyclic amines) is 1. The first-order chi connectivity index (χ1) is 9.72. The van der Waals surface area contributed by atoms with Crippen LogP contribution in [0, 0.1) is 5.92 Å². The Morgan fingerprint density at radius 2 is 2.10 bits per heavy atom. The maximum Gasteiger partial charge on any atom is 0.0702 e. The van der Waals surface area contributed by atoms with Crippen LogP contribution < -0.4 is 0 Å². The second-order valence-corrected chi connectivity index (χ2v) is 5.88. The zero-order chi connectivity index (χ0) is 13.9. The average molecular weight is 270 g/mol. The van der Waals surface area contributed by atoms with Crippen LogP contribution in [0.3, 0.4) is 0 Å². The van der Waals surface area contributed by atoms with Gasteiger partial charge in [0.2, 0.25) is 0 Å². The molecule has 3 heteroatoms. The average Bonchev–Trinajstić information content (AvgIpc) is 2.48. The molecule has 3 rings (SSSR count). The summed E-state index contributed by atoms with van der Waals surface area (Å²) >= 11 is 0. The minimum atomic E-state index is -0.163. The minimum absolute atomic E-state index is 0.163. The number of pyridine rings is 1. The van der Waals surface area contributed by atoms with Crippen molar-refractivity contribution in [3.63, 3.8) is 0 Å². The van der Waals surface area contributed by atoms with Gasteiger partial charge in [-0.15, -0.1) is 0 Å². The van der Waals surface area contributed by atoms with E-state index in [1.165, 1.54) is 10.9 Å². The zero-order valence-electron chi connectivity index (χ0n) is 12.0. The smallest absolute Gasteiger partial charge is 0.0702 e. The molecule has 1 aromatic heterocycles. The molecule has 0 saturated carbocycles. The van der Waals surface area contributed by atoms with Crippen LogP contribution in [0.5, 0.6) is 0 Å². The largest absolute Gasteiger partial charge is 0.393 e. The van der Waals surface area contributed by atoms with Crippen molar-refractivity contribution in [3.05, 3.63) is 42.1 Å². The summed E-state index contributed by atoms with van der Waals surface area (Å²) in [5.41, 5.74) is 2.41. The van der Waals surface area contributed by atoms with Crippen molar-refractivity contribution in [1.82, 2.24) is 9.88 Å². The zero-order valence-corrected chi connectivity index (χ0v) is 12.0. The van der Waals surface area contributed by atoms with Crippen LogP contribution >= 0.6 is 0 Å². The summed E-state index contributed by atoms with van der Waals surface area (Å²) in [6, 6.07) is 10.6. The monoisotopic (exact) mass is 270 g/mol. The molecule has 1 saturated heterocycles.